The molecule has 6 nitrogen and oxygen atoms in total. The van der Waals surface area contributed by atoms with E-state index in [-0.39, 0.29) is 30.7 Å². The van der Waals surface area contributed by atoms with E-state index in [1.807, 2.05) is 38.1 Å². The zero-order chi connectivity index (χ0) is 16.8. The number of carbonyl (C=O) groups excluding carboxylic acids is 1. The van der Waals surface area contributed by atoms with Gasteiger partial charge in [-0.1, -0.05) is 19.1 Å². The van der Waals surface area contributed by atoms with Crippen molar-refractivity contribution >= 4 is 16.9 Å². The molecule has 1 amide bonds. The quantitative estimate of drug-likeness (QED) is 0.774. The molecule has 0 spiro atoms. The first-order valence-corrected chi connectivity index (χ1v) is 8.16. The van der Waals surface area contributed by atoms with Crippen molar-refractivity contribution in [1.29, 1.82) is 0 Å². The molecule has 1 atom stereocenters. The molecule has 6 heteroatoms. The molecular weight excluding hydrogens is 294 g/mol. The van der Waals surface area contributed by atoms with E-state index in [0.29, 0.717) is 19.5 Å². The number of aromatic nitrogens is 2. The van der Waals surface area contributed by atoms with E-state index in [9.17, 15) is 9.59 Å². The van der Waals surface area contributed by atoms with Gasteiger partial charge >= 0.3 is 5.69 Å². The van der Waals surface area contributed by atoms with Gasteiger partial charge in [-0.25, -0.2) is 4.79 Å². The summed E-state index contributed by atoms with van der Waals surface area (Å²) in [6.07, 6.45) is 1.66. The van der Waals surface area contributed by atoms with Crippen LogP contribution in [-0.2, 0) is 17.9 Å². The van der Waals surface area contributed by atoms with Crippen molar-refractivity contribution in [1.82, 2.24) is 14.5 Å². The molecule has 0 radical (unpaired) electrons. The average molecular weight is 319 g/mol. The van der Waals surface area contributed by atoms with Crippen LogP contribution in [-0.4, -0.2) is 32.8 Å². The van der Waals surface area contributed by atoms with Crippen molar-refractivity contribution in [2.45, 2.75) is 52.2 Å². The Morgan fingerprint density at radius 3 is 2.39 bits per heavy atom. The van der Waals surface area contributed by atoms with E-state index in [1.165, 1.54) is 0 Å². The Hall–Kier alpha value is -2.08. The van der Waals surface area contributed by atoms with E-state index in [0.717, 1.165) is 17.5 Å². The maximum absolute atomic E-state index is 12.6. The molecule has 0 saturated heterocycles. The summed E-state index contributed by atoms with van der Waals surface area (Å²) < 4.78 is 3.43. The van der Waals surface area contributed by atoms with E-state index in [4.69, 9.17) is 5.11 Å². The fraction of sp³-hybridized carbons (Fsp3) is 0.529. The van der Waals surface area contributed by atoms with Gasteiger partial charge in [0.2, 0.25) is 5.91 Å². The van der Waals surface area contributed by atoms with Crippen LogP contribution >= 0.6 is 0 Å². The number of aliphatic hydroxyl groups is 1. The number of hydrogen-bond acceptors (Lipinski definition) is 3. The molecule has 1 heterocycles. The zero-order valence-corrected chi connectivity index (χ0v) is 13.8. The number of nitrogens with zero attached hydrogens (tertiary/aromatic N) is 2. The number of hydrogen-bond donors (Lipinski definition) is 2. The van der Waals surface area contributed by atoms with Crippen molar-refractivity contribution in [3.63, 3.8) is 0 Å². The Kier molecular flexibility index (Phi) is 5.98. The minimum Gasteiger partial charge on any atom is -0.396 e. The first kappa shape index (κ1) is 17.3. The number of imidazole rings is 1. The lowest BCUT2D eigenvalue weighted by molar-refractivity contribution is -0.122. The maximum Gasteiger partial charge on any atom is 0.329 e. The second kappa shape index (κ2) is 7.97. The number of para-hydroxylation sites is 2. The SMILES string of the molecule is CCCn1c(=O)n(CCC(=O)NC(C)CCO)c2ccccc21. The summed E-state index contributed by atoms with van der Waals surface area (Å²) in [5.74, 6) is -0.106. The number of aliphatic hydroxyl groups excluding tert-OH is 1. The number of carbonyl (C=O) groups is 1. The fourth-order valence-electron chi connectivity index (χ4n) is 2.75. The summed E-state index contributed by atoms with van der Waals surface area (Å²) in [5.41, 5.74) is 1.71. The Morgan fingerprint density at radius 2 is 1.83 bits per heavy atom. The van der Waals surface area contributed by atoms with Crippen LogP contribution in [0.5, 0.6) is 0 Å². The predicted octanol–water partition coefficient (Wildman–Crippen LogP) is 1.49. The van der Waals surface area contributed by atoms with Gasteiger partial charge in [0.25, 0.3) is 0 Å². The van der Waals surface area contributed by atoms with Crippen LogP contribution in [0.15, 0.2) is 29.1 Å². The highest BCUT2D eigenvalue weighted by atomic mass is 16.3. The van der Waals surface area contributed by atoms with Gasteiger partial charge in [0, 0.05) is 32.2 Å². The molecule has 1 aromatic heterocycles. The molecule has 2 rings (SSSR count). The van der Waals surface area contributed by atoms with E-state index in [1.54, 1.807) is 9.13 Å². The lowest BCUT2D eigenvalue weighted by atomic mass is 10.2. The van der Waals surface area contributed by atoms with Crippen molar-refractivity contribution in [2.24, 2.45) is 0 Å². The van der Waals surface area contributed by atoms with Crippen molar-refractivity contribution < 1.29 is 9.90 Å². The Labute approximate surface area is 135 Å². The topological polar surface area (TPSA) is 76.3 Å². The van der Waals surface area contributed by atoms with Crippen LogP contribution in [0.4, 0.5) is 0 Å². The molecule has 0 saturated carbocycles. The van der Waals surface area contributed by atoms with Crippen molar-refractivity contribution in [3.8, 4) is 0 Å². The summed E-state index contributed by atoms with van der Waals surface area (Å²) in [7, 11) is 0. The summed E-state index contributed by atoms with van der Waals surface area (Å²) in [5, 5.41) is 11.7. The maximum atomic E-state index is 12.6. The third kappa shape index (κ3) is 4.01. The number of fused-ring (bicyclic) bond motifs is 1. The van der Waals surface area contributed by atoms with Gasteiger partial charge in [-0.3, -0.25) is 13.9 Å². The second-order valence-corrected chi connectivity index (χ2v) is 5.81. The van der Waals surface area contributed by atoms with Crippen LogP contribution < -0.4 is 11.0 Å². The highest BCUT2D eigenvalue weighted by molar-refractivity contribution is 5.78. The van der Waals surface area contributed by atoms with Crippen LogP contribution in [0.25, 0.3) is 11.0 Å². The number of rotatable bonds is 8. The number of benzene rings is 1. The van der Waals surface area contributed by atoms with Crippen LogP contribution in [0, 0.1) is 0 Å². The summed E-state index contributed by atoms with van der Waals surface area (Å²) >= 11 is 0. The Balaban J connectivity index is 2.16. The monoisotopic (exact) mass is 319 g/mol. The first-order valence-electron chi connectivity index (χ1n) is 8.16. The largest absolute Gasteiger partial charge is 0.396 e. The Morgan fingerprint density at radius 1 is 1.22 bits per heavy atom. The molecule has 0 aliphatic carbocycles. The molecule has 0 bridgehead atoms. The molecule has 0 aliphatic heterocycles. The normalized spacial score (nSPS) is 12.5. The Bertz CT molecular complexity index is 717. The smallest absolute Gasteiger partial charge is 0.329 e. The van der Waals surface area contributed by atoms with Crippen molar-refractivity contribution in [2.75, 3.05) is 6.61 Å². The van der Waals surface area contributed by atoms with E-state index < -0.39 is 0 Å². The molecule has 0 aliphatic rings. The van der Waals surface area contributed by atoms with Gasteiger partial charge in [-0.15, -0.1) is 0 Å². The third-order valence-electron chi connectivity index (χ3n) is 3.90. The fourth-order valence-corrected chi connectivity index (χ4v) is 2.75. The summed E-state index contributed by atoms with van der Waals surface area (Å²) in [6, 6.07) is 7.60. The molecular formula is C17H25N3O3. The van der Waals surface area contributed by atoms with Crippen LogP contribution in [0.3, 0.4) is 0 Å². The lowest BCUT2D eigenvalue weighted by Crippen LogP contribution is -2.34. The first-order chi connectivity index (χ1) is 11.1. The number of aryl methyl sites for hydroxylation is 2. The lowest BCUT2D eigenvalue weighted by Gasteiger charge is -2.12. The molecule has 1 aromatic carbocycles. The second-order valence-electron chi connectivity index (χ2n) is 5.81. The highest BCUT2D eigenvalue weighted by Crippen LogP contribution is 2.13. The summed E-state index contributed by atoms with van der Waals surface area (Å²) in [4.78, 5) is 24.5. The molecule has 23 heavy (non-hydrogen) atoms. The predicted molar refractivity (Wildman–Crippen MR) is 90.4 cm³/mol. The summed E-state index contributed by atoms with van der Waals surface area (Å²) in [6.45, 7) is 4.97. The minimum atomic E-state index is -0.106. The van der Waals surface area contributed by atoms with Crippen LogP contribution in [0.2, 0.25) is 0 Å². The number of amides is 1. The van der Waals surface area contributed by atoms with Gasteiger partial charge in [0.15, 0.2) is 0 Å². The minimum absolute atomic E-state index is 0.0470. The standard InChI is InChI=1S/C17H25N3O3/c1-3-10-19-14-6-4-5-7-15(14)20(17(19)23)11-8-16(22)18-13(2)9-12-21/h4-7,13,21H,3,8-12H2,1-2H3,(H,18,22). The highest BCUT2D eigenvalue weighted by Gasteiger charge is 2.14. The van der Waals surface area contributed by atoms with Gasteiger partial charge in [0.1, 0.15) is 0 Å². The molecule has 0 fully saturated rings. The van der Waals surface area contributed by atoms with Gasteiger partial charge in [-0.2, -0.15) is 0 Å². The average Bonchev–Trinajstić information content (AvgIpc) is 2.78. The molecule has 2 aromatic rings. The van der Waals surface area contributed by atoms with Crippen molar-refractivity contribution in [3.05, 3.63) is 34.7 Å². The van der Waals surface area contributed by atoms with Gasteiger partial charge < -0.3 is 10.4 Å². The third-order valence-corrected chi connectivity index (χ3v) is 3.90. The van der Waals surface area contributed by atoms with Gasteiger partial charge in [0.05, 0.1) is 11.0 Å². The molecule has 126 valence electrons. The zero-order valence-electron chi connectivity index (χ0n) is 13.8. The molecule has 1 unspecified atom stereocenters. The van der Waals surface area contributed by atoms with Gasteiger partial charge in [-0.05, 0) is 31.9 Å². The van der Waals surface area contributed by atoms with E-state index in [2.05, 4.69) is 5.32 Å². The van der Waals surface area contributed by atoms with Crippen LogP contribution in [0.1, 0.15) is 33.1 Å². The van der Waals surface area contributed by atoms with E-state index >= 15 is 0 Å². The number of nitrogens with one attached hydrogen (secondary N) is 1. The molecule has 2 N–H and O–H groups in total.